The monoisotopic (exact) mass is 327 g/mol. The van der Waals surface area contributed by atoms with Crippen LogP contribution >= 0.6 is 0 Å². The van der Waals surface area contributed by atoms with Gasteiger partial charge in [-0.1, -0.05) is 12.1 Å². The number of ether oxygens (including phenoxy) is 3. The molecule has 0 fully saturated rings. The summed E-state index contributed by atoms with van der Waals surface area (Å²) in [5.41, 5.74) is 3.02. The van der Waals surface area contributed by atoms with Crippen molar-refractivity contribution in [2.75, 3.05) is 20.4 Å². The van der Waals surface area contributed by atoms with Gasteiger partial charge in [-0.3, -0.25) is 9.89 Å². The molecule has 2 aromatic rings. The highest BCUT2D eigenvalue weighted by molar-refractivity contribution is 5.98. The lowest BCUT2D eigenvalue weighted by Crippen LogP contribution is -2.29. The largest absolute Gasteiger partial charge is 0.454 e. The molecule has 7 nitrogen and oxygen atoms in total. The van der Waals surface area contributed by atoms with E-state index in [0.29, 0.717) is 30.3 Å². The average Bonchev–Trinajstić information content (AvgIpc) is 3.26. The number of hydrogen-bond acceptors (Lipinski definition) is 5. The maximum absolute atomic E-state index is 12.7. The van der Waals surface area contributed by atoms with Gasteiger partial charge in [0, 0.05) is 19.2 Å². The fourth-order valence-corrected chi connectivity index (χ4v) is 3.27. The van der Waals surface area contributed by atoms with Gasteiger partial charge in [-0.25, -0.2) is 0 Å². The van der Waals surface area contributed by atoms with Crippen LogP contribution in [0.25, 0.3) is 0 Å². The third-order valence-electron chi connectivity index (χ3n) is 4.26. The molecule has 1 unspecified atom stereocenters. The van der Waals surface area contributed by atoms with Crippen LogP contribution in [0, 0.1) is 0 Å². The summed E-state index contributed by atoms with van der Waals surface area (Å²) in [6.45, 7) is 4.76. The number of amides is 1. The Morgan fingerprint density at radius 3 is 3.08 bits per heavy atom. The van der Waals surface area contributed by atoms with E-state index in [-0.39, 0.29) is 18.7 Å². The zero-order chi connectivity index (χ0) is 16.7. The molecule has 0 aliphatic carbocycles. The lowest BCUT2D eigenvalue weighted by molar-refractivity contribution is 0.0762. The summed E-state index contributed by atoms with van der Waals surface area (Å²) in [5.74, 6) is 1.28. The Morgan fingerprint density at radius 1 is 1.46 bits per heavy atom. The standard InChI is InChI=1S/C17H17N3O4/c1-3-6-20-16(10-4-5-12-13(7-10)24-9-23-12)14-11(8-22-2)18-19-15(14)17(20)21/h3-5,7,16H,1,6,8-9H2,2H3,(H,18,19). The van der Waals surface area contributed by atoms with E-state index in [0.717, 1.165) is 16.8 Å². The molecule has 1 atom stereocenters. The van der Waals surface area contributed by atoms with Gasteiger partial charge in [0.15, 0.2) is 17.2 Å². The van der Waals surface area contributed by atoms with E-state index in [4.69, 9.17) is 14.2 Å². The highest BCUT2D eigenvalue weighted by Crippen LogP contribution is 2.43. The summed E-state index contributed by atoms with van der Waals surface area (Å²) in [7, 11) is 1.61. The molecule has 0 spiro atoms. The first-order valence-corrected chi connectivity index (χ1v) is 7.62. The summed E-state index contributed by atoms with van der Waals surface area (Å²) < 4.78 is 16.1. The number of aromatic nitrogens is 2. The maximum Gasteiger partial charge on any atom is 0.275 e. The third kappa shape index (κ3) is 2.09. The first kappa shape index (κ1) is 14.8. The first-order valence-electron chi connectivity index (χ1n) is 7.62. The summed E-state index contributed by atoms with van der Waals surface area (Å²) >= 11 is 0. The average molecular weight is 327 g/mol. The number of carbonyl (C=O) groups excluding carboxylic acids is 1. The molecule has 0 saturated heterocycles. The van der Waals surface area contributed by atoms with E-state index in [1.54, 1.807) is 18.1 Å². The molecule has 0 radical (unpaired) electrons. The molecule has 2 aliphatic rings. The number of H-pyrrole nitrogens is 1. The number of rotatable bonds is 5. The zero-order valence-corrected chi connectivity index (χ0v) is 13.2. The van der Waals surface area contributed by atoms with E-state index in [1.807, 2.05) is 18.2 Å². The summed E-state index contributed by atoms with van der Waals surface area (Å²) in [5, 5.41) is 7.11. The molecular formula is C17H17N3O4. The predicted octanol–water partition coefficient (Wildman–Crippen LogP) is 2.02. The first-order chi connectivity index (χ1) is 11.7. The minimum absolute atomic E-state index is 0.119. The fraction of sp³-hybridized carbons (Fsp3) is 0.294. The quantitative estimate of drug-likeness (QED) is 0.850. The molecule has 1 aromatic carbocycles. The molecule has 4 rings (SSSR count). The third-order valence-corrected chi connectivity index (χ3v) is 4.26. The summed E-state index contributed by atoms with van der Waals surface area (Å²) in [4.78, 5) is 14.5. The number of fused-ring (bicyclic) bond motifs is 2. The van der Waals surface area contributed by atoms with Crippen LogP contribution in [0.3, 0.4) is 0 Å². The number of nitrogens with zero attached hydrogens (tertiary/aromatic N) is 2. The van der Waals surface area contributed by atoms with Crippen molar-refractivity contribution in [1.82, 2.24) is 15.1 Å². The Hall–Kier alpha value is -2.80. The highest BCUT2D eigenvalue weighted by Gasteiger charge is 2.42. The maximum atomic E-state index is 12.7. The van der Waals surface area contributed by atoms with E-state index < -0.39 is 0 Å². The van der Waals surface area contributed by atoms with Crippen LogP contribution in [0.4, 0.5) is 0 Å². The van der Waals surface area contributed by atoms with Crippen molar-refractivity contribution >= 4 is 5.91 Å². The Bertz CT molecular complexity index is 814. The van der Waals surface area contributed by atoms with Gasteiger partial charge >= 0.3 is 0 Å². The van der Waals surface area contributed by atoms with Gasteiger partial charge < -0.3 is 19.1 Å². The molecule has 1 amide bonds. The SMILES string of the molecule is C=CCN1C(=O)c2n[nH]c(COC)c2C1c1ccc2c(c1)OCO2. The van der Waals surface area contributed by atoms with Gasteiger partial charge in [0.05, 0.1) is 18.3 Å². The number of carbonyl (C=O) groups is 1. The summed E-state index contributed by atoms with van der Waals surface area (Å²) in [6.07, 6.45) is 1.71. The highest BCUT2D eigenvalue weighted by atomic mass is 16.7. The zero-order valence-electron chi connectivity index (χ0n) is 13.2. The lowest BCUT2D eigenvalue weighted by Gasteiger charge is -2.25. The van der Waals surface area contributed by atoms with Crippen LogP contribution in [0.2, 0.25) is 0 Å². The Labute approximate surface area is 138 Å². The van der Waals surface area contributed by atoms with Gasteiger partial charge in [0.25, 0.3) is 5.91 Å². The van der Waals surface area contributed by atoms with Crippen LogP contribution in [0.5, 0.6) is 11.5 Å². The van der Waals surface area contributed by atoms with E-state index in [1.165, 1.54) is 0 Å². The molecule has 2 aliphatic heterocycles. The molecule has 124 valence electrons. The molecule has 1 N–H and O–H groups in total. The number of benzene rings is 1. The van der Waals surface area contributed by atoms with Gasteiger partial charge in [-0.2, -0.15) is 5.10 Å². The Morgan fingerprint density at radius 2 is 2.29 bits per heavy atom. The van der Waals surface area contributed by atoms with E-state index >= 15 is 0 Å². The van der Waals surface area contributed by atoms with Crippen molar-refractivity contribution in [3.63, 3.8) is 0 Å². The van der Waals surface area contributed by atoms with Crippen molar-refractivity contribution in [1.29, 1.82) is 0 Å². The minimum atomic E-state index is -0.260. The molecule has 1 aromatic heterocycles. The number of methoxy groups -OCH3 is 1. The Kier molecular flexibility index (Phi) is 3.50. The number of hydrogen-bond donors (Lipinski definition) is 1. The van der Waals surface area contributed by atoms with Crippen LogP contribution in [-0.2, 0) is 11.3 Å². The van der Waals surface area contributed by atoms with Crippen molar-refractivity contribution in [2.24, 2.45) is 0 Å². The van der Waals surface area contributed by atoms with E-state index in [9.17, 15) is 4.79 Å². The van der Waals surface area contributed by atoms with Crippen molar-refractivity contribution in [3.8, 4) is 11.5 Å². The van der Waals surface area contributed by atoms with E-state index in [2.05, 4.69) is 16.8 Å². The molecule has 7 heteroatoms. The number of nitrogens with one attached hydrogen (secondary N) is 1. The van der Waals surface area contributed by atoms with Crippen molar-refractivity contribution in [2.45, 2.75) is 12.6 Å². The lowest BCUT2D eigenvalue weighted by atomic mass is 9.98. The van der Waals surface area contributed by atoms with Gasteiger partial charge in [-0.05, 0) is 17.7 Å². The predicted molar refractivity (Wildman–Crippen MR) is 84.9 cm³/mol. The molecule has 0 bridgehead atoms. The second kappa shape index (κ2) is 5.68. The van der Waals surface area contributed by atoms with Gasteiger partial charge in [0.2, 0.25) is 6.79 Å². The van der Waals surface area contributed by atoms with Crippen LogP contribution in [0.1, 0.15) is 33.4 Å². The van der Waals surface area contributed by atoms with Crippen LogP contribution in [0.15, 0.2) is 30.9 Å². The van der Waals surface area contributed by atoms with Gasteiger partial charge in [0.1, 0.15) is 0 Å². The molecular weight excluding hydrogens is 310 g/mol. The summed E-state index contributed by atoms with van der Waals surface area (Å²) in [6, 6.07) is 5.46. The topological polar surface area (TPSA) is 76.7 Å². The molecule has 24 heavy (non-hydrogen) atoms. The van der Waals surface area contributed by atoms with Gasteiger partial charge in [-0.15, -0.1) is 6.58 Å². The Balaban J connectivity index is 1.83. The number of aromatic amines is 1. The van der Waals surface area contributed by atoms with Crippen LogP contribution in [-0.4, -0.2) is 41.5 Å². The molecule has 3 heterocycles. The smallest absolute Gasteiger partial charge is 0.275 e. The minimum Gasteiger partial charge on any atom is -0.454 e. The van der Waals surface area contributed by atoms with Crippen molar-refractivity contribution in [3.05, 3.63) is 53.4 Å². The normalized spacial score (nSPS) is 18.1. The molecule has 0 saturated carbocycles. The second-order valence-corrected chi connectivity index (χ2v) is 5.66. The second-order valence-electron chi connectivity index (χ2n) is 5.66. The van der Waals surface area contributed by atoms with Crippen molar-refractivity contribution < 1.29 is 19.0 Å². The van der Waals surface area contributed by atoms with Crippen LogP contribution < -0.4 is 9.47 Å². The fourth-order valence-electron chi connectivity index (χ4n) is 3.27.